The van der Waals surface area contributed by atoms with E-state index in [1.54, 1.807) is 0 Å². The van der Waals surface area contributed by atoms with Gasteiger partial charge in [0.2, 0.25) is 0 Å². The van der Waals surface area contributed by atoms with Crippen molar-refractivity contribution < 1.29 is 9.53 Å². The van der Waals surface area contributed by atoms with Gasteiger partial charge in [0, 0.05) is 6.42 Å². The van der Waals surface area contributed by atoms with Crippen LogP contribution in [0.5, 0.6) is 0 Å². The summed E-state index contributed by atoms with van der Waals surface area (Å²) in [5, 5.41) is 0. The van der Waals surface area contributed by atoms with Gasteiger partial charge in [0.1, 0.15) is 18.0 Å². The number of nitrogens with zero attached hydrogens (tertiary/aromatic N) is 2. The maximum absolute atomic E-state index is 13.0. The number of fused-ring (bicyclic) bond motifs is 1. The summed E-state index contributed by atoms with van der Waals surface area (Å²) in [4.78, 5) is 17.7. The summed E-state index contributed by atoms with van der Waals surface area (Å²) < 4.78 is 8.13. The molecular formula is C22H32N2O2. The Morgan fingerprint density at radius 3 is 2.69 bits per heavy atom. The topological polar surface area (TPSA) is 44.1 Å². The quantitative estimate of drug-likeness (QED) is 0.695. The molecule has 142 valence electrons. The molecular weight excluding hydrogens is 324 g/mol. The van der Waals surface area contributed by atoms with Crippen molar-refractivity contribution in [3.8, 4) is 0 Å². The van der Waals surface area contributed by atoms with Crippen LogP contribution in [-0.2, 0) is 16.0 Å². The number of para-hydroxylation sites is 2. The second kappa shape index (κ2) is 7.81. The van der Waals surface area contributed by atoms with Crippen molar-refractivity contribution in [1.82, 2.24) is 9.55 Å². The lowest BCUT2D eigenvalue weighted by Crippen LogP contribution is -2.37. The molecule has 1 aliphatic rings. The van der Waals surface area contributed by atoms with E-state index in [1.165, 1.54) is 6.42 Å². The van der Waals surface area contributed by atoms with Crippen molar-refractivity contribution in [2.75, 3.05) is 0 Å². The summed E-state index contributed by atoms with van der Waals surface area (Å²) in [5.41, 5.74) is 1.95. The van der Waals surface area contributed by atoms with Crippen molar-refractivity contribution in [2.24, 2.45) is 17.8 Å². The Hall–Kier alpha value is -1.84. The lowest BCUT2D eigenvalue weighted by Gasteiger charge is -2.37. The molecule has 1 heterocycles. The van der Waals surface area contributed by atoms with E-state index in [0.717, 1.165) is 36.1 Å². The number of aryl methyl sites for hydroxylation is 1. The van der Waals surface area contributed by atoms with E-state index in [1.807, 2.05) is 35.8 Å². The highest BCUT2D eigenvalue weighted by molar-refractivity contribution is 5.81. The van der Waals surface area contributed by atoms with Crippen LogP contribution in [0.2, 0.25) is 0 Å². The van der Waals surface area contributed by atoms with Gasteiger partial charge in [-0.3, -0.25) is 0 Å². The molecule has 1 aromatic carbocycles. The zero-order valence-corrected chi connectivity index (χ0v) is 16.7. The van der Waals surface area contributed by atoms with Gasteiger partial charge in [-0.05, 0) is 49.7 Å². The minimum Gasteiger partial charge on any atom is -0.461 e. The lowest BCUT2D eigenvalue weighted by atomic mass is 9.75. The Labute approximate surface area is 156 Å². The molecule has 0 radical (unpaired) electrons. The third-order valence-corrected chi connectivity index (χ3v) is 5.94. The summed E-state index contributed by atoms with van der Waals surface area (Å²) in [7, 11) is 0. The molecule has 4 heteroatoms. The van der Waals surface area contributed by atoms with Crippen LogP contribution in [0, 0.1) is 17.8 Å². The van der Waals surface area contributed by atoms with Crippen LogP contribution in [0.4, 0.5) is 0 Å². The van der Waals surface area contributed by atoms with Crippen molar-refractivity contribution in [2.45, 2.75) is 72.4 Å². The van der Waals surface area contributed by atoms with Crippen molar-refractivity contribution in [1.29, 1.82) is 0 Å². The highest BCUT2D eigenvalue weighted by Gasteiger charge is 2.35. The number of rotatable bonds is 5. The van der Waals surface area contributed by atoms with E-state index in [0.29, 0.717) is 17.8 Å². The number of imidazole rings is 1. The third kappa shape index (κ3) is 3.65. The van der Waals surface area contributed by atoms with Crippen molar-refractivity contribution in [3.05, 3.63) is 30.1 Å². The predicted molar refractivity (Wildman–Crippen MR) is 105 cm³/mol. The summed E-state index contributed by atoms with van der Waals surface area (Å²) in [6.45, 7) is 10.8. The van der Waals surface area contributed by atoms with Crippen molar-refractivity contribution in [3.63, 3.8) is 0 Å². The number of hydrogen-bond donors (Lipinski definition) is 0. The monoisotopic (exact) mass is 356 g/mol. The van der Waals surface area contributed by atoms with E-state index in [2.05, 4.69) is 27.7 Å². The standard InChI is InChI=1S/C22H32N2O2/c1-6-21-23-18-9-7-8-10-19(18)24(21)16(5)22(25)26-20-13-15(4)11-12-17(20)14(2)3/h7-10,14-17,20H,6,11-13H2,1-5H3/t15-,16+,17+,20-/m0/s1. The first-order chi connectivity index (χ1) is 12.4. The largest absolute Gasteiger partial charge is 0.461 e. The number of hydrogen-bond acceptors (Lipinski definition) is 3. The van der Waals surface area contributed by atoms with Crippen LogP contribution in [-0.4, -0.2) is 21.6 Å². The van der Waals surface area contributed by atoms with Gasteiger partial charge in [0.25, 0.3) is 0 Å². The Morgan fingerprint density at radius 1 is 1.27 bits per heavy atom. The van der Waals surface area contributed by atoms with Gasteiger partial charge >= 0.3 is 5.97 Å². The van der Waals surface area contributed by atoms with E-state index in [-0.39, 0.29) is 18.1 Å². The van der Waals surface area contributed by atoms with E-state index in [4.69, 9.17) is 9.72 Å². The number of esters is 1. The molecule has 0 amide bonds. The smallest absolute Gasteiger partial charge is 0.329 e. The van der Waals surface area contributed by atoms with Gasteiger partial charge < -0.3 is 9.30 Å². The van der Waals surface area contributed by atoms with Gasteiger partial charge in [0.15, 0.2) is 0 Å². The second-order valence-corrected chi connectivity index (χ2v) is 8.22. The lowest BCUT2D eigenvalue weighted by molar-refractivity contribution is -0.159. The van der Waals surface area contributed by atoms with Crippen LogP contribution in [0.3, 0.4) is 0 Å². The average Bonchev–Trinajstić information content (AvgIpc) is 2.99. The number of carbonyl (C=O) groups is 1. The molecule has 1 fully saturated rings. The molecule has 1 aliphatic carbocycles. The molecule has 4 nitrogen and oxygen atoms in total. The number of benzene rings is 1. The van der Waals surface area contributed by atoms with Crippen molar-refractivity contribution >= 4 is 17.0 Å². The first kappa shape index (κ1) is 18.9. The van der Waals surface area contributed by atoms with Gasteiger partial charge in [-0.2, -0.15) is 0 Å². The van der Waals surface area contributed by atoms with Gasteiger partial charge in [-0.25, -0.2) is 9.78 Å². The Bertz CT molecular complexity index is 765. The van der Waals surface area contributed by atoms with E-state index >= 15 is 0 Å². The molecule has 0 spiro atoms. The fraction of sp³-hybridized carbons (Fsp3) is 0.636. The number of ether oxygens (including phenoxy) is 1. The summed E-state index contributed by atoms with van der Waals surface area (Å²) >= 11 is 0. The Morgan fingerprint density at radius 2 is 2.00 bits per heavy atom. The molecule has 4 atom stereocenters. The number of aromatic nitrogens is 2. The third-order valence-electron chi connectivity index (χ3n) is 5.94. The summed E-state index contributed by atoms with van der Waals surface area (Å²) in [6.07, 6.45) is 4.19. The van der Waals surface area contributed by atoms with E-state index < -0.39 is 0 Å². The Balaban J connectivity index is 1.83. The zero-order valence-electron chi connectivity index (χ0n) is 16.7. The molecule has 1 aromatic heterocycles. The maximum Gasteiger partial charge on any atom is 0.329 e. The van der Waals surface area contributed by atoms with Crippen LogP contribution >= 0.6 is 0 Å². The van der Waals surface area contributed by atoms with Crippen LogP contribution in [0.1, 0.15) is 65.7 Å². The number of carbonyl (C=O) groups excluding carboxylic acids is 1. The molecule has 0 saturated heterocycles. The first-order valence-corrected chi connectivity index (χ1v) is 10.1. The van der Waals surface area contributed by atoms with Gasteiger partial charge in [-0.1, -0.05) is 46.2 Å². The minimum atomic E-state index is -0.359. The normalized spacial score (nSPS) is 24.8. The Kier molecular flexibility index (Phi) is 5.69. The minimum absolute atomic E-state index is 0.0357. The predicted octanol–water partition coefficient (Wildman–Crippen LogP) is 5.16. The molecule has 0 N–H and O–H groups in total. The fourth-order valence-electron chi connectivity index (χ4n) is 4.38. The fourth-order valence-corrected chi connectivity index (χ4v) is 4.38. The van der Waals surface area contributed by atoms with Gasteiger partial charge in [-0.15, -0.1) is 0 Å². The maximum atomic E-state index is 13.0. The average molecular weight is 357 g/mol. The molecule has 26 heavy (non-hydrogen) atoms. The van der Waals surface area contributed by atoms with Crippen LogP contribution in [0.15, 0.2) is 24.3 Å². The van der Waals surface area contributed by atoms with Gasteiger partial charge in [0.05, 0.1) is 11.0 Å². The molecule has 3 rings (SSSR count). The van der Waals surface area contributed by atoms with E-state index in [9.17, 15) is 4.79 Å². The zero-order chi connectivity index (χ0) is 18.8. The SMILES string of the molecule is CCc1nc2ccccc2n1[C@H](C)C(=O)O[C@H]1C[C@@H](C)CC[C@@H]1C(C)C. The molecule has 0 aliphatic heterocycles. The first-order valence-electron chi connectivity index (χ1n) is 10.1. The molecule has 0 unspecified atom stereocenters. The highest BCUT2D eigenvalue weighted by atomic mass is 16.5. The summed E-state index contributed by atoms with van der Waals surface area (Å²) in [6, 6.07) is 7.65. The molecule has 2 aromatic rings. The molecule has 0 bridgehead atoms. The highest BCUT2D eigenvalue weighted by Crippen LogP contribution is 2.36. The molecule has 1 saturated carbocycles. The van der Waals surface area contributed by atoms with Crippen LogP contribution < -0.4 is 0 Å². The van der Waals surface area contributed by atoms with Crippen LogP contribution in [0.25, 0.3) is 11.0 Å². The summed E-state index contributed by atoms with van der Waals surface area (Å²) in [5.74, 6) is 2.43. The second-order valence-electron chi connectivity index (χ2n) is 8.22.